The second-order valence-corrected chi connectivity index (χ2v) is 5.51. The molecule has 1 saturated heterocycles. The van der Waals surface area contributed by atoms with Gasteiger partial charge in [0, 0.05) is 12.1 Å². The summed E-state index contributed by atoms with van der Waals surface area (Å²) in [5.41, 5.74) is 1.99. The highest BCUT2D eigenvalue weighted by Crippen LogP contribution is 2.20. The molecule has 1 aromatic carbocycles. The average Bonchev–Trinajstić information content (AvgIpc) is 2.96. The van der Waals surface area contributed by atoms with E-state index in [4.69, 9.17) is 9.26 Å². The predicted octanol–water partition coefficient (Wildman–Crippen LogP) is 1.83. The van der Waals surface area contributed by atoms with Crippen molar-refractivity contribution in [2.75, 3.05) is 19.8 Å². The number of benzene rings is 1. The van der Waals surface area contributed by atoms with Crippen LogP contribution in [0, 0.1) is 6.92 Å². The maximum atomic E-state index is 12.3. The maximum absolute atomic E-state index is 12.3. The normalized spacial score (nSPS) is 18.5. The zero-order valence-corrected chi connectivity index (χ0v) is 12.8. The van der Waals surface area contributed by atoms with Gasteiger partial charge in [-0.1, -0.05) is 29.4 Å². The molecule has 1 fully saturated rings. The van der Waals surface area contributed by atoms with Gasteiger partial charge in [0.05, 0.1) is 19.3 Å². The van der Waals surface area contributed by atoms with Gasteiger partial charge >= 0.3 is 0 Å². The van der Waals surface area contributed by atoms with Crippen LogP contribution in [0.5, 0.6) is 0 Å². The van der Waals surface area contributed by atoms with E-state index in [-0.39, 0.29) is 18.4 Å². The molecule has 1 aromatic heterocycles. The number of rotatable bonds is 3. The lowest BCUT2D eigenvalue weighted by atomic mass is 10.1. The second kappa shape index (κ2) is 6.27. The van der Waals surface area contributed by atoms with Crippen LogP contribution in [0.3, 0.4) is 0 Å². The highest BCUT2D eigenvalue weighted by molar-refractivity contribution is 5.78. The number of nitrogens with zero attached hydrogens (tertiary/aromatic N) is 3. The first-order valence-electron chi connectivity index (χ1n) is 7.41. The number of hydrogen-bond acceptors (Lipinski definition) is 5. The summed E-state index contributed by atoms with van der Waals surface area (Å²) >= 11 is 0. The Bertz CT molecular complexity index is 668. The van der Waals surface area contributed by atoms with E-state index in [1.807, 2.05) is 38.1 Å². The molecule has 0 bridgehead atoms. The smallest absolute Gasteiger partial charge is 0.236 e. The topological polar surface area (TPSA) is 68.5 Å². The minimum atomic E-state index is -0.00390. The van der Waals surface area contributed by atoms with Crippen molar-refractivity contribution < 1.29 is 14.1 Å². The minimum absolute atomic E-state index is 0.00390. The summed E-state index contributed by atoms with van der Waals surface area (Å²) < 4.78 is 10.6. The summed E-state index contributed by atoms with van der Waals surface area (Å²) in [5, 5.41) is 3.98. The molecule has 1 aliphatic rings. The van der Waals surface area contributed by atoms with Gasteiger partial charge in [0.2, 0.25) is 17.6 Å². The van der Waals surface area contributed by atoms with Gasteiger partial charge in [-0.2, -0.15) is 4.98 Å². The molecule has 0 radical (unpaired) electrons. The first-order chi connectivity index (χ1) is 10.6. The van der Waals surface area contributed by atoms with Crippen LogP contribution < -0.4 is 0 Å². The number of amides is 1. The van der Waals surface area contributed by atoms with Gasteiger partial charge in [0.25, 0.3) is 0 Å². The summed E-state index contributed by atoms with van der Waals surface area (Å²) in [6, 6.07) is 7.91. The molecule has 1 unspecified atom stereocenters. The number of morpholine rings is 1. The fourth-order valence-corrected chi connectivity index (χ4v) is 2.59. The van der Waals surface area contributed by atoms with Crippen molar-refractivity contribution in [1.29, 1.82) is 0 Å². The zero-order valence-electron chi connectivity index (χ0n) is 12.8. The van der Waals surface area contributed by atoms with Gasteiger partial charge in [0.15, 0.2) is 0 Å². The Morgan fingerprint density at radius 3 is 3.00 bits per heavy atom. The molecule has 2 heterocycles. The summed E-state index contributed by atoms with van der Waals surface area (Å²) in [4.78, 5) is 18.5. The number of hydrogen-bond donors (Lipinski definition) is 0. The van der Waals surface area contributed by atoms with Gasteiger partial charge in [-0.3, -0.25) is 4.79 Å². The summed E-state index contributed by atoms with van der Waals surface area (Å²) in [5.74, 6) is 0.869. The summed E-state index contributed by atoms with van der Waals surface area (Å²) in [7, 11) is 0. The fourth-order valence-electron chi connectivity index (χ4n) is 2.59. The van der Waals surface area contributed by atoms with Crippen molar-refractivity contribution in [3.63, 3.8) is 0 Å². The Morgan fingerprint density at radius 1 is 1.41 bits per heavy atom. The molecule has 116 valence electrons. The van der Waals surface area contributed by atoms with Crippen molar-refractivity contribution in [3.05, 3.63) is 35.7 Å². The third-order valence-corrected chi connectivity index (χ3v) is 3.84. The number of carbonyl (C=O) groups excluding carboxylic acids is 1. The Kier molecular flexibility index (Phi) is 4.20. The van der Waals surface area contributed by atoms with E-state index in [1.165, 1.54) is 0 Å². The first-order valence-corrected chi connectivity index (χ1v) is 7.41. The number of carbonyl (C=O) groups is 1. The highest BCUT2D eigenvalue weighted by Gasteiger charge is 2.25. The molecule has 0 aliphatic carbocycles. The molecule has 3 rings (SSSR count). The molecule has 0 N–H and O–H groups in total. The van der Waals surface area contributed by atoms with E-state index in [2.05, 4.69) is 10.1 Å². The molecule has 6 heteroatoms. The lowest BCUT2D eigenvalue weighted by Gasteiger charge is -2.33. The van der Waals surface area contributed by atoms with Gasteiger partial charge in [-0.25, -0.2) is 0 Å². The molecule has 1 atom stereocenters. The summed E-state index contributed by atoms with van der Waals surface area (Å²) in [6.07, 6.45) is 0.128. The van der Waals surface area contributed by atoms with Crippen molar-refractivity contribution in [1.82, 2.24) is 15.0 Å². The molecule has 0 saturated carbocycles. The minimum Gasteiger partial charge on any atom is -0.377 e. The van der Waals surface area contributed by atoms with E-state index in [0.29, 0.717) is 31.5 Å². The zero-order chi connectivity index (χ0) is 15.5. The Hall–Kier alpha value is -2.21. The lowest BCUT2D eigenvalue weighted by Crippen LogP contribution is -2.47. The third-order valence-electron chi connectivity index (χ3n) is 3.84. The fraction of sp³-hybridized carbons (Fsp3) is 0.438. The van der Waals surface area contributed by atoms with Crippen molar-refractivity contribution in [2.24, 2.45) is 0 Å². The Morgan fingerprint density at radius 2 is 2.23 bits per heavy atom. The van der Waals surface area contributed by atoms with Gasteiger partial charge in [-0.05, 0) is 19.4 Å². The van der Waals surface area contributed by atoms with Crippen LogP contribution in [0.15, 0.2) is 28.8 Å². The number of ether oxygens (including phenoxy) is 1. The van der Waals surface area contributed by atoms with Crippen LogP contribution >= 0.6 is 0 Å². The van der Waals surface area contributed by atoms with E-state index in [9.17, 15) is 4.79 Å². The quantitative estimate of drug-likeness (QED) is 0.865. The molecule has 22 heavy (non-hydrogen) atoms. The molecular formula is C16H19N3O3. The third kappa shape index (κ3) is 3.01. The van der Waals surface area contributed by atoms with Crippen LogP contribution in [0.4, 0.5) is 0 Å². The number of aromatic nitrogens is 2. The van der Waals surface area contributed by atoms with Crippen LogP contribution in [-0.4, -0.2) is 46.7 Å². The second-order valence-electron chi connectivity index (χ2n) is 5.51. The predicted molar refractivity (Wildman–Crippen MR) is 80.2 cm³/mol. The molecule has 1 aliphatic heterocycles. The number of aryl methyl sites for hydroxylation is 1. The lowest BCUT2D eigenvalue weighted by molar-refractivity contribution is -0.138. The molecule has 2 aromatic rings. The highest BCUT2D eigenvalue weighted by atomic mass is 16.5. The molecule has 6 nitrogen and oxygen atoms in total. The average molecular weight is 301 g/mol. The van der Waals surface area contributed by atoms with E-state index in [1.54, 1.807) is 4.90 Å². The molecule has 0 spiro atoms. The monoisotopic (exact) mass is 301 g/mol. The van der Waals surface area contributed by atoms with E-state index in [0.717, 1.165) is 11.1 Å². The standard InChI is InChI=1S/C16H19N3O3/c1-11-5-3-4-6-13(11)16-17-14(22-18-16)9-15(20)19-7-8-21-10-12(19)2/h3-6,12H,7-10H2,1-2H3. The molecular weight excluding hydrogens is 282 g/mol. The van der Waals surface area contributed by atoms with E-state index >= 15 is 0 Å². The van der Waals surface area contributed by atoms with Crippen molar-refractivity contribution in [2.45, 2.75) is 26.3 Å². The maximum Gasteiger partial charge on any atom is 0.236 e. The van der Waals surface area contributed by atoms with Crippen LogP contribution in [0.25, 0.3) is 11.4 Å². The SMILES string of the molecule is Cc1ccccc1-c1noc(CC(=O)N2CCOCC2C)n1. The van der Waals surface area contributed by atoms with Gasteiger partial charge < -0.3 is 14.2 Å². The summed E-state index contributed by atoms with van der Waals surface area (Å²) in [6.45, 7) is 5.73. The molecule has 1 amide bonds. The van der Waals surface area contributed by atoms with E-state index < -0.39 is 0 Å². The van der Waals surface area contributed by atoms with Gasteiger partial charge in [-0.15, -0.1) is 0 Å². The van der Waals surface area contributed by atoms with Crippen LogP contribution in [0.1, 0.15) is 18.4 Å². The first kappa shape index (κ1) is 14.7. The Labute approximate surface area is 129 Å². The van der Waals surface area contributed by atoms with Gasteiger partial charge in [0.1, 0.15) is 6.42 Å². The van der Waals surface area contributed by atoms with Crippen molar-refractivity contribution in [3.8, 4) is 11.4 Å². The van der Waals surface area contributed by atoms with Crippen LogP contribution in [0.2, 0.25) is 0 Å². The largest absolute Gasteiger partial charge is 0.377 e. The van der Waals surface area contributed by atoms with Crippen molar-refractivity contribution >= 4 is 5.91 Å². The Balaban J connectivity index is 1.72. The van der Waals surface area contributed by atoms with Crippen LogP contribution in [-0.2, 0) is 16.0 Å².